The Bertz CT molecular complexity index is 860. The zero-order valence-electron chi connectivity index (χ0n) is 13.9. The van der Waals surface area contributed by atoms with Crippen molar-refractivity contribution in [3.63, 3.8) is 0 Å². The highest BCUT2D eigenvalue weighted by Gasteiger charge is 2.41. The molecule has 7 nitrogen and oxygen atoms in total. The number of aromatic amines is 1. The summed E-state index contributed by atoms with van der Waals surface area (Å²) in [5.41, 5.74) is 1.39. The summed E-state index contributed by atoms with van der Waals surface area (Å²) < 4.78 is 9.60. The predicted molar refractivity (Wildman–Crippen MR) is 88.7 cm³/mol. The number of nitrogens with zero attached hydrogens (tertiary/aromatic N) is 1. The molecule has 1 aromatic carbocycles. The molecule has 130 valence electrons. The molecule has 1 aliphatic rings. The number of rotatable bonds is 3. The van der Waals surface area contributed by atoms with Crippen LogP contribution in [0, 0.1) is 11.8 Å². The van der Waals surface area contributed by atoms with E-state index in [-0.39, 0.29) is 18.4 Å². The van der Waals surface area contributed by atoms with Crippen LogP contribution in [0.1, 0.15) is 11.3 Å². The van der Waals surface area contributed by atoms with Crippen LogP contribution in [0.15, 0.2) is 35.1 Å². The van der Waals surface area contributed by atoms with E-state index in [4.69, 9.17) is 9.47 Å². The van der Waals surface area contributed by atoms with Gasteiger partial charge in [0.1, 0.15) is 5.82 Å². The molecule has 0 unspecified atom stereocenters. The number of ether oxygens (including phenoxy) is 2. The quantitative estimate of drug-likeness (QED) is 0.839. The number of methoxy groups -OCH3 is 2. The maximum absolute atomic E-state index is 12.5. The fourth-order valence-corrected chi connectivity index (χ4v) is 3.17. The van der Waals surface area contributed by atoms with Crippen LogP contribution in [0.4, 0.5) is 0 Å². The maximum atomic E-state index is 12.5. The van der Waals surface area contributed by atoms with Gasteiger partial charge in [0.2, 0.25) is 0 Å². The minimum atomic E-state index is -0.754. The monoisotopic (exact) mass is 342 g/mol. The normalized spacial score (nSPS) is 19.0. The van der Waals surface area contributed by atoms with Gasteiger partial charge in [0, 0.05) is 17.5 Å². The first-order valence-corrected chi connectivity index (χ1v) is 7.88. The Morgan fingerprint density at radius 2 is 1.64 bits per heavy atom. The number of carbonyl (C=O) groups excluding carboxylic acids is 2. The molecule has 0 saturated heterocycles. The third-order valence-corrected chi connectivity index (χ3v) is 4.48. The van der Waals surface area contributed by atoms with Crippen molar-refractivity contribution in [3.05, 3.63) is 51.9 Å². The zero-order valence-corrected chi connectivity index (χ0v) is 13.9. The van der Waals surface area contributed by atoms with Crippen LogP contribution in [-0.4, -0.2) is 36.1 Å². The number of benzene rings is 1. The Kier molecular flexibility index (Phi) is 4.65. The van der Waals surface area contributed by atoms with Gasteiger partial charge < -0.3 is 14.5 Å². The Morgan fingerprint density at radius 3 is 2.24 bits per heavy atom. The van der Waals surface area contributed by atoms with Crippen LogP contribution < -0.4 is 5.56 Å². The van der Waals surface area contributed by atoms with Crippen molar-refractivity contribution in [1.29, 1.82) is 0 Å². The maximum Gasteiger partial charge on any atom is 0.309 e. The molecule has 7 heteroatoms. The molecule has 1 heterocycles. The first-order chi connectivity index (χ1) is 12.0. The van der Waals surface area contributed by atoms with Gasteiger partial charge in [0.25, 0.3) is 5.56 Å². The molecule has 2 aromatic rings. The summed E-state index contributed by atoms with van der Waals surface area (Å²) >= 11 is 0. The van der Waals surface area contributed by atoms with Gasteiger partial charge in [-0.1, -0.05) is 30.3 Å². The van der Waals surface area contributed by atoms with Crippen LogP contribution in [0.25, 0.3) is 11.4 Å². The van der Waals surface area contributed by atoms with Gasteiger partial charge in [-0.2, -0.15) is 0 Å². The molecular formula is C18H18N2O5. The predicted octanol–water partition coefficient (Wildman–Crippen LogP) is 1.11. The van der Waals surface area contributed by atoms with Crippen molar-refractivity contribution >= 4 is 11.9 Å². The van der Waals surface area contributed by atoms with Crippen molar-refractivity contribution in [2.45, 2.75) is 12.8 Å². The highest BCUT2D eigenvalue weighted by Crippen LogP contribution is 2.30. The molecular weight excluding hydrogens is 324 g/mol. The lowest BCUT2D eigenvalue weighted by atomic mass is 9.78. The molecule has 1 N–H and O–H groups in total. The van der Waals surface area contributed by atoms with E-state index in [1.54, 1.807) is 0 Å². The highest BCUT2D eigenvalue weighted by molar-refractivity contribution is 5.83. The van der Waals surface area contributed by atoms with Crippen molar-refractivity contribution in [3.8, 4) is 11.4 Å². The summed E-state index contributed by atoms with van der Waals surface area (Å²) in [6, 6.07) is 9.23. The van der Waals surface area contributed by atoms with Crippen LogP contribution in [-0.2, 0) is 31.9 Å². The van der Waals surface area contributed by atoms with E-state index in [9.17, 15) is 14.4 Å². The van der Waals surface area contributed by atoms with E-state index >= 15 is 0 Å². The first kappa shape index (κ1) is 16.9. The average molecular weight is 342 g/mol. The van der Waals surface area contributed by atoms with Gasteiger partial charge in [0.15, 0.2) is 0 Å². The third kappa shape index (κ3) is 3.17. The molecule has 1 aliphatic carbocycles. The summed E-state index contributed by atoms with van der Waals surface area (Å²) in [6.07, 6.45) is 0.255. The molecule has 0 radical (unpaired) electrons. The Labute approximate surface area is 144 Å². The van der Waals surface area contributed by atoms with Gasteiger partial charge >= 0.3 is 11.9 Å². The molecule has 1 aromatic heterocycles. The number of aromatic nitrogens is 2. The average Bonchev–Trinajstić information content (AvgIpc) is 2.66. The van der Waals surface area contributed by atoms with Crippen molar-refractivity contribution in [2.24, 2.45) is 11.8 Å². The summed E-state index contributed by atoms with van der Waals surface area (Å²) in [5, 5.41) is 0. The van der Waals surface area contributed by atoms with Crippen LogP contribution in [0.2, 0.25) is 0 Å². The fraction of sp³-hybridized carbons (Fsp3) is 0.333. The first-order valence-electron chi connectivity index (χ1n) is 7.88. The number of hydrogen-bond donors (Lipinski definition) is 1. The minimum absolute atomic E-state index is 0.0964. The van der Waals surface area contributed by atoms with Crippen molar-refractivity contribution in [2.75, 3.05) is 14.2 Å². The standard InChI is InChI=1S/C18H18N2O5/c1-24-17(22)11-8-13-14(9-12(11)18(23)25-2)19-15(20-16(13)21)10-6-4-3-5-7-10/h3-7,11-12H,8-9H2,1-2H3,(H,19,20,21)/t11-,12-/m0/s1. The summed E-state index contributed by atoms with van der Waals surface area (Å²) in [4.78, 5) is 43.9. The second kappa shape index (κ2) is 6.88. The summed E-state index contributed by atoms with van der Waals surface area (Å²) in [7, 11) is 2.53. The van der Waals surface area contributed by atoms with E-state index in [0.29, 0.717) is 17.1 Å². The van der Waals surface area contributed by atoms with E-state index < -0.39 is 23.8 Å². The minimum Gasteiger partial charge on any atom is -0.469 e. The topological polar surface area (TPSA) is 98.4 Å². The van der Waals surface area contributed by atoms with Gasteiger partial charge in [-0.25, -0.2) is 4.98 Å². The molecule has 0 bridgehead atoms. The van der Waals surface area contributed by atoms with Crippen LogP contribution in [0.3, 0.4) is 0 Å². The Balaban J connectivity index is 2.06. The molecule has 2 atom stereocenters. The van der Waals surface area contributed by atoms with Gasteiger partial charge in [-0.3, -0.25) is 14.4 Å². The van der Waals surface area contributed by atoms with E-state index in [1.807, 2.05) is 30.3 Å². The second-order valence-electron chi connectivity index (χ2n) is 5.87. The SMILES string of the molecule is COC(=O)[C@H]1Cc2nc(-c3ccccc3)[nH]c(=O)c2C[C@@H]1C(=O)OC. The number of fused-ring (bicyclic) bond motifs is 1. The zero-order chi connectivity index (χ0) is 18.0. The van der Waals surface area contributed by atoms with Crippen molar-refractivity contribution in [1.82, 2.24) is 9.97 Å². The van der Waals surface area contributed by atoms with E-state index in [2.05, 4.69) is 9.97 Å². The van der Waals surface area contributed by atoms with Crippen LogP contribution in [0.5, 0.6) is 0 Å². The Morgan fingerprint density at radius 1 is 1.04 bits per heavy atom. The second-order valence-corrected chi connectivity index (χ2v) is 5.87. The molecule has 25 heavy (non-hydrogen) atoms. The third-order valence-electron chi connectivity index (χ3n) is 4.48. The molecule has 0 saturated carbocycles. The van der Waals surface area contributed by atoms with Gasteiger partial charge in [-0.05, 0) is 6.42 Å². The Hall–Kier alpha value is -2.96. The summed E-state index contributed by atoms with van der Waals surface area (Å²) in [6.45, 7) is 0. The molecule has 0 spiro atoms. The number of H-pyrrole nitrogens is 1. The summed E-state index contributed by atoms with van der Waals surface area (Å²) in [5.74, 6) is -2.08. The fourth-order valence-electron chi connectivity index (χ4n) is 3.17. The number of carbonyl (C=O) groups is 2. The molecule has 0 amide bonds. The van der Waals surface area contributed by atoms with Gasteiger partial charge in [-0.15, -0.1) is 0 Å². The largest absolute Gasteiger partial charge is 0.469 e. The van der Waals surface area contributed by atoms with E-state index in [0.717, 1.165) is 5.56 Å². The highest BCUT2D eigenvalue weighted by atomic mass is 16.5. The molecule has 3 rings (SSSR count). The lowest BCUT2D eigenvalue weighted by Gasteiger charge is -2.28. The van der Waals surface area contributed by atoms with Crippen LogP contribution >= 0.6 is 0 Å². The lowest BCUT2D eigenvalue weighted by Crippen LogP contribution is -2.40. The molecule has 0 aliphatic heterocycles. The number of nitrogens with one attached hydrogen (secondary N) is 1. The smallest absolute Gasteiger partial charge is 0.309 e. The number of esters is 2. The molecule has 0 fully saturated rings. The lowest BCUT2D eigenvalue weighted by molar-refractivity contribution is -0.158. The van der Waals surface area contributed by atoms with Crippen molar-refractivity contribution < 1.29 is 19.1 Å². The van der Waals surface area contributed by atoms with Gasteiger partial charge in [0.05, 0.1) is 31.7 Å². The van der Waals surface area contributed by atoms with E-state index in [1.165, 1.54) is 14.2 Å². The number of hydrogen-bond acceptors (Lipinski definition) is 6.